The molecule has 0 heteroatoms. The Bertz CT molecular complexity index is 303. The molecule has 0 aromatic rings. The number of hydrogen-bond donors (Lipinski definition) is 0. The number of allylic oxidation sites excluding steroid dienone is 2. The molecule has 0 saturated heterocycles. The molecule has 2 saturated carbocycles. The maximum absolute atomic E-state index is 2.64. The van der Waals surface area contributed by atoms with Crippen LogP contribution in [0.3, 0.4) is 0 Å². The molecule has 110 valence electrons. The van der Waals surface area contributed by atoms with Crippen LogP contribution in [0.4, 0.5) is 0 Å². The molecule has 0 aromatic carbocycles. The molecule has 2 aliphatic carbocycles. The Morgan fingerprint density at radius 2 is 1.89 bits per heavy atom. The second-order valence-corrected chi connectivity index (χ2v) is 7.64. The molecule has 5 atom stereocenters. The zero-order valence-corrected chi connectivity index (χ0v) is 13.6. The van der Waals surface area contributed by atoms with Crippen LogP contribution in [0.5, 0.6) is 0 Å². The topological polar surface area (TPSA) is 0 Å². The molecule has 0 heterocycles. The quantitative estimate of drug-likeness (QED) is 0.416. The first kappa shape index (κ1) is 15.1. The van der Waals surface area contributed by atoms with Gasteiger partial charge in [0.25, 0.3) is 0 Å². The van der Waals surface area contributed by atoms with E-state index >= 15 is 0 Å². The van der Waals surface area contributed by atoms with E-state index in [4.69, 9.17) is 0 Å². The predicted molar refractivity (Wildman–Crippen MR) is 85.2 cm³/mol. The standard InChI is InChI=1S/C19H34/c1-5-6-7-8-11-17-16(3)12-13-18-15(2)10-9-14-19(17,18)4/h5-6,15-18H,7-14H2,1-4H3/b6-5+. The molecule has 0 amide bonds. The van der Waals surface area contributed by atoms with Gasteiger partial charge in [0.1, 0.15) is 0 Å². The largest absolute Gasteiger partial charge is 0.0917 e. The van der Waals surface area contributed by atoms with Gasteiger partial charge in [-0.1, -0.05) is 52.2 Å². The van der Waals surface area contributed by atoms with Crippen LogP contribution in [-0.4, -0.2) is 0 Å². The van der Waals surface area contributed by atoms with Crippen molar-refractivity contribution < 1.29 is 0 Å². The van der Waals surface area contributed by atoms with E-state index in [-0.39, 0.29) is 0 Å². The molecule has 0 nitrogen and oxygen atoms in total. The average molecular weight is 262 g/mol. The smallest absolute Gasteiger partial charge is 0.0264 e. The monoisotopic (exact) mass is 262 g/mol. The summed E-state index contributed by atoms with van der Waals surface area (Å²) in [6.07, 6.45) is 16.2. The van der Waals surface area contributed by atoms with Gasteiger partial charge in [-0.05, 0) is 68.1 Å². The highest BCUT2D eigenvalue weighted by molar-refractivity contribution is 4.99. The molecule has 0 bridgehead atoms. The van der Waals surface area contributed by atoms with Crippen LogP contribution in [-0.2, 0) is 0 Å². The number of unbranched alkanes of at least 4 members (excludes halogenated alkanes) is 1. The van der Waals surface area contributed by atoms with E-state index < -0.39 is 0 Å². The molecule has 0 radical (unpaired) electrons. The van der Waals surface area contributed by atoms with Crippen molar-refractivity contribution >= 4 is 0 Å². The Hall–Kier alpha value is -0.260. The van der Waals surface area contributed by atoms with E-state index in [9.17, 15) is 0 Å². The Balaban J connectivity index is 2.04. The second-order valence-electron chi connectivity index (χ2n) is 7.64. The highest BCUT2D eigenvalue weighted by atomic mass is 14.5. The third kappa shape index (κ3) is 3.09. The highest BCUT2D eigenvalue weighted by Crippen LogP contribution is 2.58. The maximum Gasteiger partial charge on any atom is -0.0264 e. The van der Waals surface area contributed by atoms with Crippen molar-refractivity contribution in [3.63, 3.8) is 0 Å². The predicted octanol–water partition coefficient (Wildman–Crippen LogP) is 6.22. The maximum atomic E-state index is 2.64. The Kier molecular flexibility index (Phi) is 5.15. The van der Waals surface area contributed by atoms with Crippen LogP contribution in [0.1, 0.15) is 79.1 Å². The lowest BCUT2D eigenvalue weighted by Crippen LogP contribution is -2.47. The number of rotatable bonds is 4. The minimum atomic E-state index is 0.658. The van der Waals surface area contributed by atoms with Crippen LogP contribution in [0.2, 0.25) is 0 Å². The lowest BCUT2D eigenvalue weighted by Gasteiger charge is -2.55. The third-order valence-corrected chi connectivity index (χ3v) is 6.50. The van der Waals surface area contributed by atoms with Crippen LogP contribution in [0.15, 0.2) is 12.2 Å². The average Bonchev–Trinajstić information content (AvgIpc) is 2.37. The van der Waals surface area contributed by atoms with E-state index in [1.807, 2.05) is 0 Å². The van der Waals surface area contributed by atoms with Gasteiger partial charge in [-0.3, -0.25) is 0 Å². The van der Waals surface area contributed by atoms with Gasteiger partial charge in [-0.15, -0.1) is 0 Å². The first-order valence-corrected chi connectivity index (χ1v) is 8.70. The van der Waals surface area contributed by atoms with Crippen molar-refractivity contribution in [3.05, 3.63) is 12.2 Å². The Morgan fingerprint density at radius 3 is 2.63 bits per heavy atom. The van der Waals surface area contributed by atoms with Crippen molar-refractivity contribution in [1.82, 2.24) is 0 Å². The molecule has 19 heavy (non-hydrogen) atoms. The summed E-state index contributed by atoms with van der Waals surface area (Å²) in [5, 5.41) is 0. The second kappa shape index (κ2) is 6.46. The van der Waals surface area contributed by atoms with Crippen LogP contribution in [0.25, 0.3) is 0 Å². The van der Waals surface area contributed by atoms with Gasteiger partial charge in [0, 0.05) is 0 Å². The van der Waals surface area contributed by atoms with E-state index in [1.165, 1.54) is 51.4 Å². The molecule has 0 spiro atoms. The number of hydrogen-bond acceptors (Lipinski definition) is 0. The highest BCUT2D eigenvalue weighted by Gasteiger charge is 2.49. The first-order chi connectivity index (χ1) is 9.09. The summed E-state index contributed by atoms with van der Waals surface area (Å²) in [6, 6.07) is 0. The zero-order chi connectivity index (χ0) is 13.9. The SMILES string of the molecule is C/C=C/CCCC1C(C)CCC2C(C)CCCC12C. The molecule has 0 N–H and O–H groups in total. The molecule has 2 fully saturated rings. The minimum absolute atomic E-state index is 0.658. The molecular formula is C19H34. The molecule has 0 aromatic heterocycles. The van der Waals surface area contributed by atoms with Crippen molar-refractivity contribution in [2.24, 2.45) is 29.1 Å². The molecular weight excluding hydrogens is 228 g/mol. The van der Waals surface area contributed by atoms with Gasteiger partial charge in [-0.2, -0.15) is 0 Å². The lowest BCUT2D eigenvalue weighted by atomic mass is 9.50. The van der Waals surface area contributed by atoms with Crippen LogP contribution < -0.4 is 0 Å². The molecule has 2 rings (SSSR count). The Labute approximate surface area is 121 Å². The molecule has 0 aliphatic heterocycles. The zero-order valence-electron chi connectivity index (χ0n) is 13.6. The summed E-state index contributed by atoms with van der Waals surface area (Å²) in [5.41, 5.74) is 0.658. The van der Waals surface area contributed by atoms with E-state index in [0.717, 1.165) is 23.7 Å². The fourth-order valence-corrected chi connectivity index (χ4v) is 5.45. The first-order valence-electron chi connectivity index (χ1n) is 8.70. The fourth-order valence-electron chi connectivity index (χ4n) is 5.45. The molecule has 2 aliphatic rings. The van der Waals surface area contributed by atoms with Gasteiger partial charge in [-0.25, -0.2) is 0 Å². The van der Waals surface area contributed by atoms with E-state index in [2.05, 4.69) is 39.8 Å². The molecule has 5 unspecified atom stereocenters. The van der Waals surface area contributed by atoms with Gasteiger partial charge < -0.3 is 0 Å². The van der Waals surface area contributed by atoms with Crippen molar-refractivity contribution in [2.45, 2.75) is 79.1 Å². The summed E-state index contributed by atoms with van der Waals surface area (Å²) >= 11 is 0. The van der Waals surface area contributed by atoms with Gasteiger partial charge in [0.15, 0.2) is 0 Å². The van der Waals surface area contributed by atoms with Crippen molar-refractivity contribution in [3.8, 4) is 0 Å². The summed E-state index contributed by atoms with van der Waals surface area (Å²) in [4.78, 5) is 0. The normalized spacial score (nSPS) is 43.4. The van der Waals surface area contributed by atoms with Gasteiger partial charge in [0.2, 0.25) is 0 Å². The lowest BCUT2D eigenvalue weighted by molar-refractivity contribution is -0.0602. The van der Waals surface area contributed by atoms with Crippen molar-refractivity contribution in [2.75, 3.05) is 0 Å². The summed E-state index contributed by atoms with van der Waals surface area (Å²) in [5.74, 6) is 3.94. The third-order valence-electron chi connectivity index (χ3n) is 6.50. The van der Waals surface area contributed by atoms with Gasteiger partial charge in [0.05, 0.1) is 0 Å². The minimum Gasteiger partial charge on any atom is -0.0917 e. The summed E-state index contributed by atoms with van der Waals surface area (Å²) in [7, 11) is 0. The van der Waals surface area contributed by atoms with Crippen LogP contribution >= 0.6 is 0 Å². The Morgan fingerprint density at radius 1 is 1.11 bits per heavy atom. The summed E-state index contributed by atoms with van der Waals surface area (Å²) in [6.45, 7) is 9.84. The van der Waals surface area contributed by atoms with Gasteiger partial charge >= 0.3 is 0 Å². The van der Waals surface area contributed by atoms with Crippen LogP contribution in [0, 0.1) is 29.1 Å². The van der Waals surface area contributed by atoms with E-state index in [0.29, 0.717) is 5.41 Å². The number of fused-ring (bicyclic) bond motifs is 1. The van der Waals surface area contributed by atoms with Crippen molar-refractivity contribution in [1.29, 1.82) is 0 Å². The van der Waals surface area contributed by atoms with E-state index in [1.54, 1.807) is 0 Å². The fraction of sp³-hybridized carbons (Fsp3) is 0.895. The summed E-state index contributed by atoms with van der Waals surface area (Å²) < 4.78 is 0.